The van der Waals surface area contributed by atoms with Crippen LogP contribution in [-0.4, -0.2) is 0 Å². The summed E-state index contributed by atoms with van der Waals surface area (Å²) in [5.74, 6) is 3.65. The van der Waals surface area contributed by atoms with E-state index in [1.54, 1.807) is 16.7 Å². The number of hydrogen-bond donors (Lipinski definition) is 0. The highest BCUT2D eigenvalue weighted by Crippen LogP contribution is 2.50. The van der Waals surface area contributed by atoms with Gasteiger partial charge in [0.15, 0.2) is 0 Å². The van der Waals surface area contributed by atoms with E-state index in [9.17, 15) is 0 Å². The Balaban J connectivity index is 0.00000133. The van der Waals surface area contributed by atoms with Crippen LogP contribution in [0.1, 0.15) is 68.7 Å². The zero-order chi connectivity index (χ0) is 12.9. The first-order valence-electron chi connectivity index (χ1n) is 7.68. The molecule has 1 saturated carbocycles. The number of aryl methyl sites for hydroxylation is 1. The summed E-state index contributed by atoms with van der Waals surface area (Å²) >= 11 is 0. The van der Waals surface area contributed by atoms with Gasteiger partial charge in [0.05, 0.1) is 0 Å². The predicted octanol–water partition coefficient (Wildman–Crippen LogP) is 5.65. The van der Waals surface area contributed by atoms with E-state index in [1.807, 2.05) is 0 Å². The molecule has 0 heteroatoms. The molecule has 2 aliphatic rings. The summed E-state index contributed by atoms with van der Waals surface area (Å²) in [5, 5.41) is 0. The lowest BCUT2D eigenvalue weighted by atomic mass is 9.60. The fourth-order valence-corrected chi connectivity index (χ4v) is 4.44. The van der Waals surface area contributed by atoms with Crippen molar-refractivity contribution in [2.45, 2.75) is 66.7 Å². The third-order valence-corrected chi connectivity index (χ3v) is 6.06. The number of fused-ring (bicyclic) bond motifs is 3. The molecule has 0 aromatic heterocycles. The average Bonchev–Trinajstić information content (AvgIpc) is 2.38. The Bertz CT molecular complexity index is 457. The summed E-state index contributed by atoms with van der Waals surface area (Å²) in [5.41, 5.74) is 6.44. The quantitative estimate of drug-likeness (QED) is 0.564. The van der Waals surface area contributed by atoms with Crippen LogP contribution in [-0.2, 0) is 6.42 Å². The van der Waals surface area contributed by atoms with E-state index in [2.05, 4.69) is 39.8 Å². The Morgan fingerprint density at radius 1 is 1.00 bits per heavy atom. The van der Waals surface area contributed by atoms with Crippen molar-refractivity contribution in [3.8, 4) is 0 Å². The normalized spacial score (nSPS) is 33.1. The van der Waals surface area contributed by atoms with Gasteiger partial charge in [-0.3, -0.25) is 0 Å². The maximum atomic E-state index is 2.49. The highest BCUT2D eigenvalue weighted by Gasteiger charge is 2.38. The van der Waals surface area contributed by atoms with Crippen LogP contribution in [0.15, 0.2) is 12.1 Å². The summed E-state index contributed by atoms with van der Waals surface area (Å²) in [6, 6.07) is 4.79. The van der Waals surface area contributed by atoms with E-state index in [-0.39, 0.29) is 7.43 Å². The maximum Gasteiger partial charge on any atom is -0.0128 e. The molecule has 0 radical (unpaired) electrons. The SMILES string of the molecule is C.Cc1ccc2c(c1C)CCC1C2CCC(C)C1C. The second-order valence-electron chi connectivity index (χ2n) is 6.80. The lowest BCUT2D eigenvalue weighted by Gasteiger charge is -2.44. The Morgan fingerprint density at radius 3 is 2.47 bits per heavy atom. The summed E-state index contributed by atoms with van der Waals surface area (Å²) in [6.45, 7) is 9.53. The molecule has 4 unspecified atom stereocenters. The lowest BCUT2D eigenvalue weighted by Crippen LogP contribution is -2.34. The molecular weight excluding hydrogens is 228 g/mol. The second-order valence-corrected chi connectivity index (χ2v) is 6.80. The Morgan fingerprint density at radius 2 is 1.74 bits per heavy atom. The van der Waals surface area contributed by atoms with Gasteiger partial charge in [-0.05, 0) is 85.5 Å². The van der Waals surface area contributed by atoms with E-state index >= 15 is 0 Å². The molecule has 0 aliphatic heterocycles. The molecule has 0 nitrogen and oxygen atoms in total. The maximum absolute atomic E-state index is 2.49. The van der Waals surface area contributed by atoms with Crippen LogP contribution in [0.5, 0.6) is 0 Å². The minimum atomic E-state index is 0. The van der Waals surface area contributed by atoms with Gasteiger partial charge in [0, 0.05) is 0 Å². The summed E-state index contributed by atoms with van der Waals surface area (Å²) < 4.78 is 0. The van der Waals surface area contributed by atoms with Crippen LogP contribution in [0.2, 0.25) is 0 Å². The molecule has 1 fully saturated rings. The van der Waals surface area contributed by atoms with Gasteiger partial charge in [-0.2, -0.15) is 0 Å². The summed E-state index contributed by atoms with van der Waals surface area (Å²) in [4.78, 5) is 0. The zero-order valence-corrected chi connectivity index (χ0v) is 12.3. The molecule has 1 aromatic rings. The highest BCUT2D eigenvalue weighted by atomic mass is 14.4. The fraction of sp³-hybridized carbons (Fsp3) is 0.684. The number of hydrogen-bond acceptors (Lipinski definition) is 0. The zero-order valence-electron chi connectivity index (χ0n) is 12.3. The van der Waals surface area contributed by atoms with Crippen molar-refractivity contribution in [1.29, 1.82) is 0 Å². The monoisotopic (exact) mass is 258 g/mol. The van der Waals surface area contributed by atoms with E-state index in [4.69, 9.17) is 0 Å². The van der Waals surface area contributed by atoms with Gasteiger partial charge >= 0.3 is 0 Å². The van der Waals surface area contributed by atoms with Crippen molar-refractivity contribution >= 4 is 0 Å². The molecule has 0 amide bonds. The van der Waals surface area contributed by atoms with Crippen molar-refractivity contribution in [3.05, 3.63) is 34.4 Å². The number of benzene rings is 1. The molecule has 0 bridgehead atoms. The summed E-state index contributed by atoms with van der Waals surface area (Å²) in [6.07, 6.45) is 5.59. The van der Waals surface area contributed by atoms with E-state index < -0.39 is 0 Å². The van der Waals surface area contributed by atoms with Crippen LogP contribution in [0.3, 0.4) is 0 Å². The van der Waals surface area contributed by atoms with E-state index in [0.717, 1.165) is 23.7 Å². The van der Waals surface area contributed by atoms with E-state index in [0.29, 0.717) is 0 Å². The largest absolute Gasteiger partial charge is 0.0776 e. The van der Waals surface area contributed by atoms with Crippen LogP contribution in [0, 0.1) is 31.6 Å². The molecule has 0 saturated heterocycles. The third-order valence-electron chi connectivity index (χ3n) is 6.06. The smallest absolute Gasteiger partial charge is 0.0128 e. The third kappa shape index (κ3) is 2.24. The highest BCUT2D eigenvalue weighted by molar-refractivity contribution is 5.43. The first-order chi connectivity index (χ1) is 8.59. The van der Waals surface area contributed by atoms with Crippen molar-refractivity contribution in [1.82, 2.24) is 0 Å². The topological polar surface area (TPSA) is 0 Å². The van der Waals surface area contributed by atoms with Crippen molar-refractivity contribution < 1.29 is 0 Å². The van der Waals surface area contributed by atoms with Crippen LogP contribution < -0.4 is 0 Å². The van der Waals surface area contributed by atoms with Gasteiger partial charge in [-0.15, -0.1) is 0 Å². The van der Waals surface area contributed by atoms with Crippen molar-refractivity contribution in [2.75, 3.05) is 0 Å². The van der Waals surface area contributed by atoms with Gasteiger partial charge in [-0.1, -0.05) is 33.4 Å². The molecule has 1 aromatic carbocycles. The summed E-state index contributed by atoms with van der Waals surface area (Å²) in [7, 11) is 0. The minimum absolute atomic E-state index is 0. The molecule has 2 aliphatic carbocycles. The molecule has 106 valence electrons. The van der Waals surface area contributed by atoms with E-state index in [1.165, 1.54) is 31.2 Å². The van der Waals surface area contributed by atoms with Crippen LogP contribution >= 0.6 is 0 Å². The van der Waals surface area contributed by atoms with Crippen LogP contribution in [0.25, 0.3) is 0 Å². The predicted molar refractivity (Wildman–Crippen MR) is 84.8 cm³/mol. The molecule has 0 spiro atoms. The first kappa shape index (κ1) is 14.6. The molecule has 19 heavy (non-hydrogen) atoms. The fourth-order valence-electron chi connectivity index (χ4n) is 4.44. The number of rotatable bonds is 0. The van der Waals surface area contributed by atoms with Crippen molar-refractivity contribution in [2.24, 2.45) is 17.8 Å². The van der Waals surface area contributed by atoms with Gasteiger partial charge < -0.3 is 0 Å². The van der Waals surface area contributed by atoms with Gasteiger partial charge in [0.1, 0.15) is 0 Å². The minimum Gasteiger partial charge on any atom is -0.0776 e. The second kappa shape index (κ2) is 5.31. The molecular formula is C19H30. The van der Waals surface area contributed by atoms with Crippen molar-refractivity contribution in [3.63, 3.8) is 0 Å². The molecule has 0 N–H and O–H groups in total. The molecule has 4 atom stereocenters. The molecule has 0 heterocycles. The Hall–Kier alpha value is -0.780. The Labute approximate surface area is 119 Å². The average molecular weight is 258 g/mol. The molecule has 3 rings (SSSR count). The van der Waals surface area contributed by atoms with Gasteiger partial charge in [0.25, 0.3) is 0 Å². The van der Waals surface area contributed by atoms with Crippen LogP contribution in [0.4, 0.5) is 0 Å². The Kier molecular flexibility index (Phi) is 4.08. The standard InChI is InChI=1S/C18H26.CH4/c1-11-5-7-17-15(13(11)3)9-10-16-14(4)12(2)6-8-18(16)17;/h5,7,12,14,16,18H,6,8-10H2,1-4H3;1H4. The first-order valence-corrected chi connectivity index (χ1v) is 7.68. The van der Waals surface area contributed by atoms with Gasteiger partial charge in [0.2, 0.25) is 0 Å². The lowest BCUT2D eigenvalue weighted by molar-refractivity contribution is 0.137. The van der Waals surface area contributed by atoms with Gasteiger partial charge in [-0.25, -0.2) is 0 Å².